The summed E-state index contributed by atoms with van der Waals surface area (Å²) in [6.07, 6.45) is 18.0. The Morgan fingerprint density at radius 3 is 1.85 bits per heavy atom. The number of aliphatic hydroxyl groups excluding tert-OH is 1. The normalized spacial score (nSPS) is 20.6. The van der Waals surface area contributed by atoms with E-state index >= 15 is 0 Å². The number of rotatable bonds is 16. The molecule has 1 aliphatic carbocycles. The molecule has 154 valence electrons. The molecule has 0 saturated heterocycles. The molecule has 4 heteroatoms. The highest BCUT2D eigenvalue weighted by molar-refractivity contribution is 5.66. The molecule has 0 bridgehead atoms. The molecule has 0 aromatic heterocycles. The van der Waals surface area contributed by atoms with Crippen molar-refractivity contribution in [1.82, 2.24) is 4.90 Å². The Kier molecular flexibility index (Phi) is 13.9. The van der Waals surface area contributed by atoms with Gasteiger partial charge in [0.05, 0.1) is 6.10 Å². The summed E-state index contributed by atoms with van der Waals surface area (Å²) in [5.41, 5.74) is 0. The smallest absolute Gasteiger partial charge is 0.303 e. The minimum Gasteiger partial charge on any atom is -0.481 e. The number of aliphatic hydroxyl groups is 1. The van der Waals surface area contributed by atoms with Crippen LogP contribution in [0.3, 0.4) is 0 Å². The first-order chi connectivity index (χ1) is 12.6. The van der Waals surface area contributed by atoms with E-state index in [-0.39, 0.29) is 6.10 Å². The van der Waals surface area contributed by atoms with E-state index in [9.17, 15) is 9.90 Å². The van der Waals surface area contributed by atoms with Crippen molar-refractivity contribution in [3.63, 3.8) is 0 Å². The molecular formula is C22H43NO3. The molecule has 0 radical (unpaired) electrons. The number of carbonyl (C=O) groups is 1. The van der Waals surface area contributed by atoms with Gasteiger partial charge in [0.25, 0.3) is 0 Å². The maximum absolute atomic E-state index is 10.5. The average Bonchev–Trinajstić information content (AvgIpc) is 2.62. The highest BCUT2D eigenvalue weighted by Gasteiger charge is 2.24. The van der Waals surface area contributed by atoms with Crippen LogP contribution < -0.4 is 0 Å². The molecule has 26 heavy (non-hydrogen) atoms. The van der Waals surface area contributed by atoms with Crippen LogP contribution in [0.5, 0.6) is 0 Å². The summed E-state index contributed by atoms with van der Waals surface area (Å²) in [7, 11) is 0. The first-order valence-corrected chi connectivity index (χ1v) is 11.3. The van der Waals surface area contributed by atoms with Gasteiger partial charge in [0, 0.05) is 12.5 Å². The Balaban J connectivity index is 2.21. The lowest BCUT2D eigenvalue weighted by Gasteiger charge is -2.36. The van der Waals surface area contributed by atoms with Gasteiger partial charge in [-0.05, 0) is 58.0 Å². The molecule has 0 aliphatic heterocycles. The highest BCUT2D eigenvalue weighted by Crippen LogP contribution is 2.24. The van der Waals surface area contributed by atoms with Crippen LogP contribution in [0.15, 0.2) is 0 Å². The van der Waals surface area contributed by atoms with Crippen molar-refractivity contribution in [2.45, 2.75) is 122 Å². The number of unbranched alkanes of at least 4 members (excludes halogenated alkanes) is 9. The maximum Gasteiger partial charge on any atom is 0.303 e. The molecule has 1 aliphatic rings. The third kappa shape index (κ3) is 11.9. The van der Waals surface area contributed by atoms with Gasteiger partial charge in [0.2, 0.25) is 0 Å². The van der Waals surface area contributed by atoms with Gasteiger partial charge in [-0.1, -0.05) is 58.3 Å². The Labute approximate surface area is 161 Å². The lowest BCUT2D eigenvalue weighted by Crippen LogP contribution is -2.40. The number of aliphatic carboxylic acids is 1. The lowest BCUT2D eigenvalue weighted by atomic mass is 9.91. The fraction of sp³-hybridized carbons (Fsp3) is 0.955. The molecule has 1 saturated carbocycles. The van der Waals surface area contributed by atoms with E-state index in [0.29, 0.717) is 12.5 Å². The molecule has 0 atom stereocenters. The Bertz CT molecular complexity index is 340. The number of carboxylic acids is 1. The molecule has 0 aromatic carbocycles. The topological polar surface area (TPSA) is 60.8 Å². The Hall–Kier alpha value is -0.610. The van der Waals surface area contributed by atoms with Crippen LogP contribution in [0.25, 0.3) is 0 Å². The quantitative estimate of drug-likeness (QED) is 0.359. The zero-order valence-electron chi connectivity index (χ0n) is 17.1. The molecular weight excluding hydrogens is 326 g/mol. The Morgan fingerprint density at radius 2 is 1.31 bits per heavy atom. The van der Waals surface area contributed by atoms with E-state index in [2.05, 4.69) is 11.8 Å². The predicted octanol–water partition coefficient (Wildman–Crippen LogP) is 5.38. The molecule has 1 fully saturated rings. The van der Waals surface area contributed by atoms with Crippen molar-refractivity contribution in [3.05, 3.63) is 0 Å². The van der Waals surface area contributed by atoms with E-state index in [4.69, 9.17) is 5.11 Å². The highest BCUT2D eigenvalue weighted by atomic mass is 16.4. The van der Waals surface area contributed by atoms with Crippen LogP contribution in [-0.2, 0) is 4.79 Å². The van der Waals surface area contributed by atoms with E-state index in [1.165, 1.54) is 64.5 Å². The van der Waals surface area contributed by atoms with Crippen LogP contribution in [0.4, 0.5) is 0 Å². The van der Waals surface area contributed by atoms with Crippen LogP contribution in [0.2, 0.25) is 0 Å². The number of nitrogens with zero attached hydrogens (tertiary/aromatic N) is 1. The lowest BCUT2D eigenvalue weighted by molar-refractivity contribution is -0.137. The second kappa shape index (κ2) is 15.4. The molecule has 0 spiro atoms. The minimum absolute atomic E-state index is 0.0728. The predicted molar refractivity (Wildman–Crippen MR) is 109 cm³/mol. The van der Waals surface area contributed by atoms with Gasteiger partial charge in [0.1, 0.15) is 0 Å². The van der Waals surface area contributed by atoms with Crippen LogP contribution in [-0.4, -0.2) is 46.3 Å². The summed E-state index contributed by atoms with van der Waals surface area (Å²) >= 11 is 0. The summed E-state index contributed by atoms with van der Waals surface area (Å²) in [4.78, 5) is 13.2. The number of hydrogen-bond donors (Lipinski definition) is 2. The average molecular weight is 370 g/mol. The monoisotopic (exact) mass is 369 g/mol. The van der Waals surface area contributed by atoms with Crippen LogP contribution in [0, 0.1) is 0 Å². The molecule has 0 aromatic rings. The third-order valence-corrected chi connectivity index (χ3v) is 5.82. The second-order valence-electron chi connectivity index (χ2n) is 8.18. The van der Waals surface area contributed by atoms with Crippen molar-refractivity contribution in [2.75, 3.05) is 13.1 Å². The van der Waals surface area contributed by atoms with Crippen molar-refractivity contribution in [2.24, 2.45) is 0 Å². The first kappa shape index (κ1) is 23.4. The van der Waals surface area contributed by atoms with E-state index < -0.39 is 5.97 Å². The van der Waals surface area contributed by atoms with Gasteiger partial charge in [-0.2, -0.15) is 0 Å². The first-order valence-electron chi connectivity index (χ1n) is 11.3. The molecule has 4 nitrogen and oxygen atoms in total. The molecule has 2 N–H and O–H groups in total. The zero-order valence-corrected chi connectivity index (χ0v) is 17.1. The largest absolute Gasteiger partial charge is 0.481 e. The van der Waals surface area contributed by atoms with Gasteiger partial charge in [-0.15, -0.1) is 0 Å². The number of hydrogen-bond acceptors (Lipinski definition) is 3. The van der Waals surface area contributed by atoms with E-state index in [0.717, 1.165) is 44.9 Å². The van der Waals surface area contributed by atoms with Crippen LogP contribution >= 0.6 is 0 Å². The summed E-state index contributed by atoms with van der Waals surface area (Å²) in [5.74, 6) is -0.672. The second-order valence-corrected chi connectivity index (χ2v) is 8.18. The SMILES string of the molecule is CCCCCCCCN(CCCCCCCC(=O)O)C1CCC(O)CC1. The Morgan fingerprint density at radius 1 is 0.808 bits per heavy atom. The molecule has 0 unspecified atom stereocenters. The molecule has 0 amide bonds. The summed E-state index contributed by atoms with van der Waals surface area (Å²) in [6.45, 7) is 4.65. The summed E-state index contributed by atoms with van der Waals surface area (Å²) in [5, 5.41) is 18.5. The van der Waals surface area contributed by atoms with Gasteiger partial charge in [-0.25, -0.2) is 0 Å². The van der Waals surface area contributed by atoms with Gasteiger partial charge < -0.3 is 15.1 Å². The fourth-order valence-electron chi connectivity index (χ4n) is 4.12. The van der Waals surface area contributed by atoms with Crippen molar-refractivity contribution >= 4 is 5.97 Å². The third-order valence-electron chi connectivity index (χ3n) is 5.82. The molecule has 0 heterocycles. The van der Waals surface area contributed by atoms with Gasteiger partial charge in [0.15, 0.2) is 0 Å². The van der Waals surface area contributed by atoms with E-state index in [1.807, 2.05) is 0 Å². The van der Waals surface area contributed by atoms with Gasteiger partial charge >= 0.3 is 5.97 Å². The van der Waals surface area contributed by atoms with Crippen molar-refractivity contribution in [3.8, 4) is 0 Å². The van der Waals surface area contributed by atoms with Crippen molar-refractivity contribution < 1.29 is 15.0 Å². The number of carboxylic acid groups (broad SMARTS) is 1. The van der Waals surface area contributed by atoms with Crippen LogP contribution in [0.1, 0.15) is 110 Å². The zero-order chi connectivity index (χ0) is 19.0. The summed E-state index contributed by atoms with van der Waals surface area (Å²) < 4.78 is 0. The minimum atomic E-state index is -0.672. The molecule has 1 rings (SSSR count). The fourth-order valence-corrected chi connectivity index (χ4v) is 4.12. The van der Waals surface area contributed by atoms with Crippen molar-refractivity contribution in [1.29, 1.82) is 0 Å². The maximum atomic E-state index is 10.5. The van der Waals surface area contributed by atoms with E-state index in [1.54, 1.807) is 0 Å². The van der Waals surface area contributed by atoms with Gasteiger partial charge in [-0.3, -0.25) is 4.79 Å². The summed E-state index contributed by atoms with van der Waals surface area (Å²) in [6, 6.07) is 0.668. The standard InChI is InChI=1S/C22H43NO3/c1-2-3-4-5-8-11-18-23(20-14-16-21(24)17-15-20)19-12-9-6-7-10-13-22(25)26/h20-21,24H,2-19H2,1H3,(H,25,26).